The van der Waals surface area contributed by atoms with Crippen molar-refractivity contribution in [2.75, 3.05) is 11.1 Å². The Bertz CT molecular complexity index is 1290. The van der Waals surface area contributed by atoms with Crippen molar-refractivity contribution in [2.45, 2.75) is 19.0 Å². The summed E-state index contributed by atoms with van der Waals surface area (Å²) in [5.74, 6) is -0.239. The van der Waals surface area contributed by atoms with Crippen LogP contribution in [0.25, 0.3) is 10.8 Å². The van der Waals surface area contributed by atoms with E-state index in [-0.39, 0.29) is 11.6 Å². The molecule has 0 atom stereocenters. The van der Waals surface area contributed by atoms with E-state index in [0.717, 1.165) is 35.2 Å². The van der Waals surface area contributed by atoms with Gasteiger partial charge in [0.05, 0.1) is 5.56 Å². The van der Waals surface area contributed by atoms with Gasteiger partial charge in [-0.05, 0) is 59.5 Å². The predicted molar refractivity (Wildman–Crippen MR) is 117 cm³/mol. The van der Waals surface area contributed by atoms with Crippen molar-refractivity contribution in [1.29, 1.82) is 0 Å². The molecule has 0 saturated heterocycles. The third-order valence-electron chi connectivity index (χ3n) is 5.04. The highest BCUT2D eigenvalue weighted by Crippen LogP contribution is 2.31. The molecule has 0 spiro atoms. The Morgan fingerprint density at radius 3 is 2.56 bits per heavy atom. The molecule has 4 aromatic rings. The van der Waals surface area contributed by atoms with Gasteiger partial charge in [-0.15, -0.1) is 0 Å². The molecule has 0 saturated carbocycles. The first-order chi connectivity index (χ1) is 15.3. The molecule has 8 heteroatoms. The van der Waals surface area contributed by atoms with Crippen molar-refractivity contribution in [3.8, 4) is 0 Å². The molecule has 1 amide bonds. The summed E-state index contributed by atoms with van der Waals surface area (Å²) in [6, 6.07) is 17.4. The molecule has 4 rings (SSSR count). The number of hydrogen-bond acceptors (Lipinski definition) is 4. The number of nitrogens with two attached hydrogens (primary N) is 1. The van der Waals surface area contributed by atoms with Crippen LogP contribution in [0.3, 0.4) is 0 Å². The molecule has 3 N–H and O–H groups in total. The Balaban J connectivity index is 1.54. The van der Waals surface area contributed by atoms with Crippen LogP contribution in [0.5, 0.6) is 0 Å². The van der Waals surface area contributed by atoms with E-state index < -0.39 is 17.6 Å². The van der Waals surface area contributed by atoms with E-state index in [0.29, 0.717) is 17.4 Å². The molecule has 5 nitrogen and oxygen atoms in total. The Morgan fingerprint density at radius 2 is 1.78 bits per heavy atom. The standard InChI is InChI=1S/C24H19F3N4O/c25-24(26,27)17-4-2-5-19(14-17)30-22(32)21-6-1-3-16-13-15(8-10-20(16)21)7-9-18-11-12-29-23(28)31-18/h1-6,8,10-14H,7,9H2,(H,30,32)(H2,28,29,31). The fraction of sp³-hybridized carbons (Fsp3) is 0.125. The number of alkyl halides is 3. The summed E-state index contributed by atoms with van der Waals surface area (Å²) in [5, 5.41) is 4.14. The van der Waals surface area contributed by atoms with Crippen LogP contribution in [0, 0.1) is 0 Å². The van der Waals surface area contributed by atoms with Gasteiger partial charge in [-0.2, -0.15) is 13.2 Å². The van der Waals surface area contributed by atoms with Gasteiger partial charge < -0.3 is 11.1 Å². The average Bonchev–Trinajstić information content (AvgIpc) is 2.77. The number of nitrogen functional groups attached to an aromatic ring is 1. The smallest absolute Gasteiger partial charge is 0.368 e. The summed E-state index contributed by atoms with van der Waals surface area (Å²) in [4.78, 5) is 20.9. The summed E-state index contributed by atoms with van der Waals surface area (Å²) >= 11 is 0. The number of aryl methyl sites for hydroxylation is 2. The monoisotopic (exact) mass is 436 g/mol. The molecule has 162 valence electrons. The number of halogens is 3. The van der Waals surface area contributed by atoms with Crippen molar-refractivity contribution >= 4 is 28.3 Å². The lowest BCUT2D eigenvalue weighted by Gasteiger charge is -2.12. The summed E-state index contributed by atoms with van der Waals surface area (Å²) in [6.07, 6.45) is -1.44. The first-order valence-electron chi connectivity index (χ1n) is 9.87. The molecule has 0 bridgehead atoms. The molecule has 32 heavy (non-hydrogen) atoms. The molecule has 0 aliphatic heterocycles. The molecule has 0 aliphatic rings. The highest BCUT2D eigenvalue weighted by Gasteiger charge is 2.30. The van der Waals surface area contributed by atoms with Crippen molar-refractivity contribution in [3.63, 3.8) is 0 Å². The fourth-order valence-electron chi connectivity index (χ4n) is 3.48. The van der Waals surface area contributed by atoms with Gasteiger partial charge >= 0.3 is 6.18 Å². The topological polar surface area (TPSA) is 80.9 Å². The van der Waals surface area contributed by atoms with Crippen LogP contribution < -0.4 is 11.1 Å². The normalized spacial score (nSPS) is 11.5. The SMILES string of the molecule is Nc1nccc(CCc2ccc3c(C(=O)Nc4cccc(C(F)(F)F)c4)cccc3c2)n1. The van der Waals surface area contributed by atoms with E-state index in [2.05, 4.69) is 15.3 Å². The number of amides is 1. The Hall–Kier alpha value is -3.94. The third-order valence-corrected chi connectivity index (χ3v) is 5.04. The van der Waals surface area contributed by atoms with E-state index in [4.69, 9.17) is 5.73 Å². The molecule has 1 aromatic heterocycles. The van der Waals surface area contributed by atoms with Crippen molar-refractivity contribution in [3.05, 3.63) is 95.3 Å². The van der Waals surface area contributed by atoms with Crippen molar-refractivity contribution in [1.82, 2.24) is 9.97 Å². The van der Waals surface area contributed by atoms with Crippen LogP contribution in [-0.2, 0) is 19.0 Å². The number of hydrogen-bond donors (Lipinski definition) is 2. The second-order valence-corrected chi connectivity index (χ2v) is 7.30. The van der Waals surface area contributed by atoms with Crippen LogP contribution in [-0.4, -0.2) is 15.9 Å². The maximum Gasteiger partial charge on any atom is 0.416 e. The average molecular weight is 436 g/mol. The van der Waals surface area contributed by atoms with E-state index in [1.54, 1.807) is 18.3 Å². The number of benzene rings is 3. The van der Waals surface area contributed by atoms with Gasteiger partial charge in [0.15, 0.2) is 0 Å². The minimum Gasteiger partial charge on any atom is -0.368 e. The maximum atomic E-state index is 12.9. The number of carbonyl (C=O) groups excluding carboxylic acids is 1. The molecule has 0 aliphatic carbocycles. The summed E-state index contributed by atoms with van der Waals surface area (Å²) in [5.41, 5.74) is 7.17. The number of rotatable bonds is 5. The van der Waals surface area contributed by atoms with Gasteiger partial charge in [-0.1, -0.05) is 36.4 Å². The second kappa shape index (κ2) is 8.66. The van der Waals surface area contributed by atoms with Gasteiger partial charge in [0, 0.05) is 23.1 Å². The molecule has 1 heterocycles. The Labute approximate surface area is 182 Å². The Morgan fingerprint density at radius 1 is 0.969 bits per heavy atom. The quantitative estimate of drug-likeness (QED) is 0.447. The number of nitrogens with zero attached hydrogens (tertiary/aromatic N) is 2. The Kier molecular flexibility index (Phi) is 5.77. The maximum absolute atomic E-state index is 12.9. The van der Waals surface area contributed by atoms with E-state index in [9.17, 15) is 18.0 Å². The summed E-state index contributed by atoms with van der Waals surface area (Å²) in [6.45, 7) is 0. The van der Waals surface area contributed by atoms with Gasteiger partial charge in [-0.3, -0.25) is 4.79 Å². The first kappa shape index (κ1) is 21.3. The van der Waals surface area contributed by atoms with Crippen LogP contribution in [0.2, 0.25) is 0 Å². The lowest BCUT2D eigenvalue weighted by atomic mass is 9.99. The first-order valence-corrected chi connectivity index (χ1v) is 9.87. The van der Waals surface area contributed by atoms with Gasteiger partial charge in [0.1, 0.15) is 0 Å². The number of nitrogens with one attached hydrogen (secondary N) is 1. The zero-order valence-corrected chi connectivity index (χ0v) is 16.9. The molecule has 0 radical (unpaired) electrons. The second-order valence-electron chi connectivity index (χ2n) is 7.30. The van der Waals surface area contributed by atoms with E-state index in [1.165, 1.54) is 12.1 Å². The van der Waals surface area contributed by atoms with Crippen molar-refractivity contribution < 1.29 is 18.0 Å². The number of anilines is 2. The van der Waals surface area contributed by atoms with E-state index >= 15 is 0 Å². The van der Waals surface area contributed by atoms with Crippen LogP contribution in [0.4, 0.5) is 24.8 Å². The minimum atomic E-state index is -4.48. The van der Waals surface area contributed by atoms with Crippen LogP contribution in [0.1, 0.15) is 27.2 Å². The van der Waals surface area contributed by atoms with Gasteiger partial charge in [0.2, 0.25) is 5.95 Å². The zero-order chi connectivity index (χ0) is 22.7. The molecule has 3 aromatic carbocycles. The highest BCUT2D eigenvalue weighted by atomic mass is 19.4. The zero-order valence-electron chi connectivity index (χ0n) is 16.9. The lowest BCUT2D eigenvalue weighted by molar-refractivity contribution is -0.137. The van der Waals surface area contributed by atoms with Gasteiger partial charge in [-0.25, -0.2) is 9.97 Å². The molecular weight excluding hydrogens is 417 g/mol. The molecule has 0 fully saturated rings. The summed E-state index contributed by atoms with van der Waals surface area (Å²) < 4.78 is 38.8. The van der Waals surface area contributed by atoms with E-state index in [1.807, 2.05) is 30.3 Å². The predicted octanol–water partition coefficient (Wildman–Crippen LogP) is 5.27. The number of carbonyl (C=O) groups is 1. The molecule has 0 unspecified atom stereocenters. The van der Waals surface area contributed by atoms with Crippen LogP contribution >= 0.6 is 0 Å². The fourth-order valence-corrected chi connectivity index (χ4v) is 3.48. The highest BCUT2D eigenvalue weighted by molar-refractivity contribution is 6.13. The summed E-state index contributed by atoms with van der Waals surface area (Å²) in [7, 11) is 0. The minimum absolute atomic E-state index is 0.0857. The number of fused-ring (bicyclic) bond motifs is 1. The largest absolute Gasteiger partial charge is 0.416 e. The lowest BCUT2D eigenvalue weighted by Crippen LogP contribution is -2.13. The van der Waals surface area contributed by atoms with Gasteiger partial charge in [0.25, 0.3) is 5.91 Å². The molecular formula is C24H19F3N4O. The third kappa shape index (κ3) is 4.85. The number of aromatic nitrogens is 2. The van der Waals surface area contributed by atoms with Crippen LogP contribution in [0.15, 0.2) is 72.9 Å². The van der Waals surface area contributed by atoms with Crippen molar-refractivity contribution in [2.24, 2.45) is 0 Å².